The molecule has 0 saturated carbocycles. The molecule has 0 aromatic carbocycles. The lowest BCUT2D eigenvalue weighted by Gasteiger charge is -2.12. The smallest absolute Gasteiger partial charge is 0.331 e. The number of pyridine rings is 1. The molecule has 2 rings (SSSR count). The van der Waals surface area contributed by atoms with Crippen LogP contribution in [0.2, 0.25) is 0 Å². The molecule has 7 heteroatoms. The maximum absolute atomic E-state index is 12.3. The number of rotatable bonds is 5. The Morgan fingerprint density at radius 1 is 1.38 bits per heavy atom. The number of aromatic nitrogens is 3. The minimum absolute atomic E-state index is 0.0471. The van der Waals surface area contributed by atoms with Crippen molar-refractivity contribution < 1.29 is 4.74 Å². The van der Waals surface area contributed by atoms with Crippen LogP contribution in [0.3, 0.4) is 0 Å². The third kappa shape index (κ3) is 2.96. The second-order valence-electron chi connectivity index (χ2n) is 4.62. The van der Waals surface area contributed by atoms with Crippen molar-refractivity contribution in [2.75, 3.05) is 12.8 Å². The molecule has 0 saturated heterocycles. The van der Waals surface area contributed by atoms with Crippen LogP contribution in [0.1, 0.15) is 18.9 Å². The Hall–Kier alpha value is -2.57. The van der Waals surface area contributed by atoms with Crippen molar-refractivity contribution in [1.29, 1.82) is 0 Å². The number of ether oxygens (including phenoxy) is 1. The lowest BCUT2D eigenvalue weighted by Crippen LogP contribution is -2.41. The summed E-state index contributed by atoms with van der Waals surface area (Å²) in [5.41, 5.74) is 5.51. The van der Waals surface area contributed by atoms with Crippen molar-refractivity contribution in [3.05, 3.63) is 50.9 Å². The molecule has 0 fully saturated rings. The van der Waals surface area contributed by atoms with Crippen molar-refractivity contribution in [2.45, 2.75) is 26.4 Å². The van der Waals surface area contributed by atoms with Crippen LogP contribution in [0.25, 0.3) is 0 Å². The van der Waals surface area contributed by atoms with Gasteiger partial charge in [0, 0.05) is 24.5 Å². The molecule has 0 amide bonds. The molecule has 7 nitrogen and oxygen atoms in total. The van der Waals surface area contributed by atoms with Gasteiger partial charge in [-0.25, -0.2) is 9.78 Å². The van der Waals surface area contributed by atoms with Gasteiger partial charge in [0.25, 0.3) is 5.56 Å². The highest BCUT2D eigenvalue weighted by Gasteiger charge is 2.12. The number of methoxy groups -OCH3 is 1. The van der Waals surface area contributed by atoms with Gasteiger partial charge in [0.15, 0.2) is 0 Å². The zero-order valence-corrected chi connectivity index (χ0v) is 12.1. The molecule has 0 aliphatic rings. The second kappa shape index (κ2) is 6.25. The molecule has 0 unspecified atom stereocenters. The number of nitrogens with two attached hydrogens (primary N) is 1. The van der Waals surface area contributed by atoms with E-state index in [0.717, 1.165) is 11.0 Å². The second-order valence-corrected chi connectivity index (χ2v) is 4.62. The molecule has 2 aromatic heterocycles. The van der Waals surface area contributed by atoms with Crippen LogP contribution in [-0.2, 0) is 13.1 Å². The van der Waals surface area contributed by atoms with E-state index >= 15 is 0 Å². The average Bonchev–Trinajstić information content (AvgIpc) is 2.49. The van der Waals surface area contributed by atoms with E-state index in [1.165, 1.54) is 17.9 Å². The third-order valence-corrected chi connectivity index (χ3v) is 3.10. The minimum atomic E-state index is -0.502. The van der Waals surface area contributed by atoms with E-state index < -0.39 is 5.56 Å². The first-order valence-corrected chi connectivity index (χ1v) is 6.66. The van der Waals surface area contributed by atoms with Gasteiger partial charge in [-0.05, 0) is 12.5 Å². The molecule has 0 aliphatic carbocycles. The summed E-state index contributed by atoms with van der Waals surface area (Å²) in [5.74, 6) is 0.383. The Morgan fingerprint density at radius 3 is 2.81 bits per heavy atom. The van der Waals surface area contributed by atoms with Gasteiger partial charge in [0.1, 0.15) is 5.69 Å². The maximum Gasteiger partial charge on any atom is 0.331 e. The Morgan fingerprint density at radius 2 is 2.14 bits per heavy atom. The van der Waals surface area contributed by atoms with Crippen LogP contribution in [0.4, 0.5) is 5.69 Å². The van der Waals surface area contributed by atoms with Crippen LogP contribution >= 0.6 is 0 Å². The maximum atomic E-state index is 12.3. The fourth-order valence-corrected chi connectivity index (χ4v) is 2.12. The van der Waals surface area contributed by atoms with Gasteiger partial charge < -0.3 is 10.5 Å². The van der Waals surface area contributed by atoms with Crippen molar-refractivity contribution >= 4 is 5.69 Å². The molecule has 0 atom stereocenters. The number of nitrogen functional groups attached to an aromatic ring is 1. The summed E-state index contributed by atoms with van der Waals surface area (Å²) in [6.07, 6.45) is 3.75. The van der Waals surface area contributed by atoms with Crippen molar-refractivity contribution in [1.82, 2.24) is 14.1 Å². The topological polar surface area (TPSA) is 92.1 Å². The number of anilines is 1. The van der Waals surface area contributed by atoms with E-state index in [4.69, 9.17) is 10.5 Å². The number of hydrogen-bond acceptors (Lipinski definition) is 5. The standard InChI is InChI=1S/C14H18N4O3/c1-3-7-17-9-11(15)13(19)18(14(17)20)8-10-5-4-6-16-12(10)21-2/h4-6,9H,3,7-8,15H2,1-2H3. The number of nitrogens with zero attached hydrogens (tertiary/aromatic N) is 3. The molecule has 2 aromatic rings. The summed E-state index contributed by atoms with van der Waals surface area (Å²) < 4.78 is 7.68. The Bertz CT molecular complexity index is 749. The first kappa shape index (κ1) is 14.8. The van der Waals surface area contributed by atoms with E-state index in [9.17, 15) is 9.59 Å². The van der Waals surface area contributed by atoms with Crippen molar-refractivity contribution in [3.8, 4) is 5.88 Å². The van der Waals surface area contributed by atoms with Crippen LogP contribution < -0.4 is 21.7 Å². The molecular formula is C14H18N4O3. The van der Waals surface area contributed by atoms with Crippen LogP contribution in [-0.4, -0.2) is 21.2 Å². The summed E-state index contributed by atoms with van der Waals surface area (Å²) >= 11 is 0. The van der Waals surface area contributed by atoms with Gasteiger partial charge in [0.05, 0.1) is 13.7 Å². The summed E-state index contributed by atoms with van der Waals surface area (Å²) in [4.78, 5) is 28.5. The molecule has 112 valence electrons. The Labute approximate surface area is 121 Å². The highest BCUT2D eigenvalue weighted by Crippen LogP contribution is 2.13. The van der Waals surface area contributed by atoms with Gasteiger partial charge in [-0.15, -0.1) is 0 Å². The fraction of sp³-hybridized carbons (Fsp3) is 0.357. The zero-order valence-electron chi connectivity index (χ0n) is 12.1. The fourth-order valence-electron chi connectivity index (χ4n) is 2.12. The summed E-state index contributed by atoms with van der Waals surface area (Å²) in [5, 5.41) is 0. The van der Waals surface area contributed by atoms with Gasteiger partial charge in [-0.2, -0.15) is 0 Å². The molecule has 2 heterocycles. The third-order valence-electron chi connectivity index (χ3n) is 3.10. The molecule has 0 bridgehead atoms. The highest BCUT2D eigenvalue weighted by molar-refractivity contribution is 5.32. The summed E-state index contributed by atoms with van der Waals surface area (Å²) in [7, 11) is 1.49. The molecule has 0 radical (unpaired) electrons. The number of hydrogen-bond donors (Lipinski definition) is 1. The summed E-state index contributed by atoms with van der Waals surface area (Å²) in [6.45, 7) is 2.53. The van der Waals surface area contributed by atoms with Gasteiger partial charge in [-0.3, -0.25) is 13.9 Å². The van der Waals surface area contributed by atoms with E-state index in [2.05, 4.69) is 4.98 Å². The quantitative estimate of drug-likeness (QED) is 0.863. The zero-order chi connectivity index (χ0) is 15.4. The molecular weight excluding hydrogens is 272 g/mol. The van der Waals surface area contributed by atoms with Gasteiger partial charge >= 0.3 is 5.69 Å². The predicted octanol–water partition coefficient (Wildman–Crippen LogP) is 0.454. The van der Waals surface area contributed by atoms with Crippen LogP contribution in [0.5, 0.6) is 5.88 Å². The normalized spacial score (nSPS) is 10.6. The van der Waals surface area contributed by atoms with Gasteiger partial charge in [0.2, 0.25) is 5.88 Å². The van der Waals surface area contributed by atoms with Crippen molar-refractivity contribution in [3.63, 3.8) is 0 Å². The Kier molecular flexibility index (Phi) is 4.42. The average molecular weight is 290 g/mol. The Balaban J connectivity index is 2.54. The molecule has 0 spiro atoms. The first-order valence-electron chi connectivity index (χ1n) is 6.66. The van der Waals surface area contributed by atoms with E-state index in [1.807, 2.05) is 6.92 Å². The van der Waals surface area contributed by atoms with E-state index in [1.54, 1.807) is 18.3 Å². The largest absolute Gasteiger partial charge is 0.481 e. The SMILES string of the molecule is CCCn1cc(N)c(=O)n(Cc2cccnc2OC)c1=O. The molecule has 2 N–H and O–H groups in total. The van der Waals surface area contributed by atoms with E-state index in [0.29, 0.717) is 18.0 Å². The highest BCUT2D eigenvalue weighted by atomic mass is 16.5. The van der Waals surface area contributed by atoms with Crippen LogP contribution in [0, 0.1) is 0 Å². The van der Waals surface area contributed by atoms with Crippen LogP contribution in [0.15, 0.2) is 34.1 Å². The number of aryl methyl sites for hydroxylation is 1. The molecule has 21 heavy (non-hydrogen) atoms. The monoisotopic (exact) mass is 290 g/mol. The van der Waals surface area contributed by atoms with Crippen molar-refractivity contribution in [2.24, 2.45) is 0 Å². The minimum Gasteiger partial charge on any atom is -0.481 e. The lowest BCUT2D eigenvalue weighted by molar-refractivity contribution is 0.390. The first-order chi connectivity index (χ1) is 10.1. The van der Waals surface area contributed by atoms with Gasteiger partial charge in [-0.1, -0.05) is 13.0 Å². The lowest BCUT2D eigenvalue weighted by atomic mass is 10.2. The summed E-state index contributed by atoms with van der Waals surface area (Å²) in [6, 6.07) is 3.48. The van der Waals surface area contributed by atoms with E-state index in [-0.39, 0.29) is 17.9 Å². The predicted molar refractivity (Wildman–Crippen MR) is 79.6 cm³/mol. The molecule has 0 aliphatic heterocycles.